The van der Waals surface area contributed by atoms with Gasteiger partial charge in [0.15, 0.2) is 0 Å². The Morgan fingerprint density at radius 3 is 2.68 bits per heavy atom. The number of aryl methyl sites for hydroxylation is 1. The Morgan fingerprint density at radius 1 is 1.21 bits per heavy atom. The fraction of sp³-hybridized carbons (Fsp3) is 0.318. The van der Waals surface area contributed by atoms with Gasteiger partial charge in [0.25, 0.3) is 0 Å². The summed E-state index contributed by atoms with van der Waals surface area (Å²) in [7, 11) is 0. The van der Waals surface area contributed by atoms with Crippen LogP contribution in [0.15, 0.2) is 47.4 Å². The number of halogens is 1. The number of aromatic hydroxyl groups is 1. The zero-order valence-electron chi connectivity index (χ0n) is 16.0. The summed E-state index contributed by atoms with van der Waals surface area (Å²) in [6, 6.07) is 13.1. The van der Waals surface area contributed by atoms with Crippen LogP contribution in [-0.2, 0) is 11.3 Å². The van der Waals surface area contributed by atoms with Crippen molar-refractivity contribution in [1.29, 1.82) is 0 Å². The first kappa shape index (κ1) is 18.9. The number of rotatable bonds is 5. The van der Waals surface area contributed by atoms with Crippen LogP contribution in [0.3, 0.4) is 0 Å². The smallest absolute Gasteiger partial charge is 0.240 e. The first-order valence-electron chi connectivity index (χ1n) is 9.56. The molecule has 0 saturated heterocycles. The monoisotopic (exact) mass is 397 g/mol. The maximum absolute atomic E-state index is 13.4. The number of phenols is 1. The molecule has 1 atom stereocenters. The molecule has 6 heteroatoms. The number of fused-ring (bicyclic) bond motifs is 5. The molecule has 2 aromatic carbocycles. The van der Waals surface area contributed by atoms with Gasteiger partial charge in [0.05, 0.1) is 12.2 Å². The van der Waals surface area contributed by atoms with Gasteiger partial charge in [0.1, 0.15) is 17.7 Å². The normalized spacial score (nSPS) is 15.3. The second kappa shape index (κ2) is 7.51. The molecule has 146 valence electrons. The third-order valence-electron chi connectivity index (χ3n) is 5.34. The van der Waals surface area contributed by atoms with E-state index in [1.165, 1.54) is 11.8 Å². The van der Waals surface area contributed by atoms with Gasteiger partial charge in [-0.25, -0.2) is 4.39 Å². The molecule has 4 nitrogen and oxygen atoms in total. The molecule has 0 bridgehead atoms. The van der Waals surface area contributed by atoms with E-state index >= 15 is 0 Å². The van der Waals surface area contributed by atoms with Crippen molar-refractivity contribution in [3.05, 3.63) is 48.0 Å². The van der Waals surface area contributed by atoms with Crippen LogP contribution in [-0.4, -0.2) is 40.2 Å². The molecule has 1 aliphatic rings. The number of thioether (sulfide) groups is 1. The van der Waals surface area contributed by atoms with E-state index in [1.54, 1.807) is 12.1 Å². The van der Waals surface area contributed by atoms with Crippen molar-refractivity contribution in [2.45, 2.75) is 30.5 Å². The molecule has 4 rings (SSSR count). The van der Waals surface area contributed by atoms with Crippen molar-refractivity contribution in [2.24, 2.45) is 0 Å². The highest BCUT2D eigenvalue weighted by molar-refractivity contribution is 8.00. The van der Waals surface area contributed by atoms with E-state index in [0.29, 0.717) is 13.1 Å². The molecule has 0 saturated carbocycles. The molecule has 0 fully saturated rings. The summed E-state index contributed by atoms with van der Waals surface area (Å²) in [6.45, 7) is 4.97. The van der Waals surface area contributed by atoms with E-state index in [2.05, 4.69) is 0 Å². The van der Waals surface area contributed by atoms with E-state index in [1.807, 2.05) is 53.6 Å². The lowest BCUT2D eigenvalue weighted by Gasteiger charge is -2.30. The molecule has 0 radical (unpaired) electrons. The van der Waals surface area contributed by atoms with Crippen molar-refractivity contribution in [3.63, 3.8) is 0 Å². The van der Waals surface area contributed by atoms with Crippen LogP contribution in [0.25, 0.3) is 22.2 Å². The maximum Gasteiger partial charge on any atom is 0.240 e. The molecule has 1 N–H and O–H groups in total. The van der Waals surface area contributed by atoms with Crippen LogP contribution in [0.1, 0.15) is 24.7 Å². The minimum Gasteiger partial charge on any atom is -0.508 e. The number of alkyl halides is 1. The Kier molecular flexibility index (Phi) is 5.06. The van der Waals surface area contributed by atoms with Gasteiger partial charge in [-0.15, -0.1) is 11.8 Å². The van der Waals surface area contributed by atoms with E-state index in [0.717, 1.165) is 32.6 Å². The number of carbonyl (C=O) groups is 1. The van der Waals surface area contributed by atoms with Crippen molar-refractivity contribution < 1.29 is 14.3 Å². The number of carbonyl (C=O) groups excluding carboxylic acids is 1. The Hall–Kier alpha value is -2.47. The molecular weight excluding hydrogens is 374 g/mol. The summed E-state index contributed by atoms with van der Waals surface area (Å²) in [4.78, 5) is 16.1. The van der Waals surface area contributed by atoms with Gasteiger partial charge in [-0.3, -0.25) is 4.79 Å². The number of likely N-dealkylation sites (N-methyl/N-ethyl adjacent to an activating group) is 1. The molecule has 1 unspecified atom stereocenters. The topological polar surface area (TPSA) is 45.5 Å². The zero-order chi connectivity index (χ0) is 19.8. The number of amides is 1. The molecule has 1 aromatic heterocycles. The molecule has 1 amide bonds. The molecule has 28 heavy (non-hydrogen) atoms. The zero-order valence-corrected chi connectivity index (χ0v) is 16.8. The molecule has 2 heterocycles. The number of hydrogen-bond donors (Lipinski definition) is 1. The summed E-state index contributed by atoms with van der Waals surface area (Å²) >= 11 is 1.47. The van der Waals surface area contributed by atoms with Gasteiger partial charge in [-0.2, -0.15) is 0 Å². The van der Waals surface area contributed by atoms with Gasteiger partial charge in [0.2, 0.25) is 5.91 Å². The Labute approximate surface area is 168 Å². The van der Waals surface area contributed by atoms with Crippen molar-refractivity contribution in [3.8, 4) is 17.0 Å². The Morgan fingerprint density at radius 2 is 1.96 bits per heavy atom. The van der Waals surface area contributed by atoms with Crippen LogP contribution in [0.4, 0.5) is 4.39 Å². The lowest BCUT2D eigenvalue weighted by atomic mass is 10.00. The van der Waals surface area contributed by atoms with Gasteiger partial charge >= 0.3 is 0 Å². The predicted molar refractivity (Wildman–Crippen MR) is 112 cm³/mol. The molecule has 0 spiro atoms. The average molecular weight is 398 g/mol. The highest BCUT2D eigenvalue weighted by Gasteiger charge is 2.37. The van der Waals surface area contributed by atoms with Crippen molar-refractivity contribution in [1.82, 2.24) is 9.47 Å². The number of nitrogens with zero attached hydrogens (tertiary/aromatic N) is 2. The van der Waals surface area contributed by atoms with Gasteiger partial charge in [-0.1, -0.05) is 18.2 Å². The van der Waals surface area contributed by atoms with Crippen LogP contribution in [0, 0.1) is 0 Å². The number of para-hydroxylation sites is 1. The van der Waals surface area contributed by atoms with E-state index in [9.17, 15) is 14.3 Å². The second-order valence-electron chi connectivity index (χ2n) is 6.81. The minimum atomic E-state index is -0.486. The van der Waals surface area contributed by atoms with E-state index in [4.69, 9.17) is 0 Å². The lowest BCUT2D eigenvalue weighted by molar-refractivity contribution is -0.130. The maximum atomic E-state index is 13.4. The Balaban J connectivity index is 2.03. The second-order valence-corrected chi connectivity index (χ2v) is 7.96. The van der Waals surface area contributed by atoms with Crippen LogP contribution in [0.5, 0.6) is 5.75 Å². The number of phenolic OH excluding ortho intramolecular Hbond substituents is 1. The first-order chi connectivity index (χ1) is 13.6. The minimum absolute atomic E-state index is 0.0494. The fourth-order valence-corrected chi connectivity index (χ4v) is 5.41. The summed E-state index contributed by atoms with van der Waals surface area (Å²) < 4.78 is 15.4. The third kappa shape index (κ3) is 2.87. The summed E-state index contributed by atoms with van der Waals surface area (Å²) in [5.74, 6) is 0.213. The standard InChI is InChI=1S/C22H23FN2O2S/c1-3-24(4-2)22(27)21-19-15-7-5-6-8-17(15)25(12-11-23)20(19)16-10-9-14(26)13-18(16)28-21/h5-10,13,21,26H,3-4,11-12H2,1-2H3/i23-1. The molecule has 1 aliphatic heterocycles. The summed E-state index contributed by atoms with van der Waals surface area (Å²) in [5, 5.41) is 10.6. The lowest BCUT2D eigenvalue weighted by Crippen LogP contribution is -2.34. The predicted octanol–water partition coefficient (Wildman–Crippen LogP) is 5.00. The third-order valence-corrected chi connectivity index (χ3v) is 6.61. The summed E-state index contributed by atoms with van der Waals surface area (Å²) in [5.41, 5.74) is 3.71. The van der Waals surface area contributed by atoms with Crippen LogP contribution >= 0.6 is 11.8 Å². The first-order valence-corrected chi connectivity index (χ1v) is 10.4. The highest BCUT2D eigenvalue weighted by atomic mass is 32.2. The van der Waals surface area contributed by atoms with Crippen molar-refractivity contribution in [2.75, 3.05) is 19.8 Å². The Bertz CT molecular complexity index is 1040. The SMILES string of the molecule is CCN(CC)C(=O)C1Sc2cc(O)ccc2-c2c1c1ccccc1n2CC[18F]. The molecule has 3 aromatic rings. The average Bonchev–Trinajstić information content (AvgIpc) is 3.03. The summed E-state index contributed by atoms with van der Waals surface area (Å²) in [6.07, 6.45) is 0. The van der Waals surface area contributed by atoms with E-state index in [-0.39, 0.29) is 18.2 Å². The molecular formula is C22H23FN2O2S. The fourth-order valence-electron chi connectivity index (χ4n) is 4.07. The van der Waals surface area contributed by atoms with E-state index < -0.39 is 11.9 Å². The van der Waals surface area contributed by atoms with Gasteiger partial charge in [-0.05, 0) is 38.1 Å². The van der Waals surface area contributed by atoms with Crippen molar-refractivity contribution >= 4 is 28.6 Å². The largest absolute Gasteiger partial charge is 0.508 e. The van der Waals surface area contributed by atoms with Crippen LogP contribution < -0.4 is 0 Å². The number of benzene rings is 2. The highest BCUT2D eigenvalue weighted by Crippen LogP contribution is 2.53. The molecule has 0 aliphatic carbocycles. The number of aromatic nitrogens is 1. The van der Waals surface area contributed by atoms with Crippen LogP contribution in [0.2, 0.25) is 0 Å². The van der Waals surface area contributed by atoms with Gasteiger partial charge < -0.3 is 14.6 Å². The van der Waals surface area contributed by atoms with Gasteiger partial charge in [0, 0.05) is 40.0 Å². The quantitative estimate of drug-likeness (QED) is 0.659. The number of hydrogen-bond acceptors (Lipinski definition) is 3.